The van der Waals surface area contributed by atoms with Crippen molar-refractivity contribution in [2.45, 2.75) is 5.41 Å². The summed E-state index contributed by atoms with van der Waals surface area (Å²) in [4.78, 5) is 12.9. The Balaban J connectivity index is 1.08. The molecule has 0 N–H and O–H groups in total. The van der Waals surface area contributed by atoms with Crippen LogP contribution in [0, 0.1) is 0 Å². The molecule has 0 fully saturated rings. The van der Waals surface area contributed by atoms with E-state index in [4.69, 9.17) is 18.8 Å². The van der Waals surface area contributed by atoms with E-state index < -0.39 is 5.41 Å². The first-order valence-corrected chi connectivity index (χ1v) is 20.9. The summed E-state index contributed by atoms with van der Waals surface area (Å²) in [5.74, 6) is 1.07. The van der Waals surface area contributed by atoms with Gasteiger partial charge in [0.1, 0.15) is 11.0 Å². The lowest BCUT2D eigenvalue weighted by atomic mass is 9.62. The molecule has 292 valence electrons. The van der Waals surface area contributed by atoms with Crippen LogP contribution in [0.5, 0.6) is 0 Å². The Hall–Kier alpha value is -8.28. The fourth-order valence-corrected chi connectivity index (χ4v) is 9.55. The molecule has 11 aromatic rings. The second kappa shape index (κ2) is 14.5. The van der Waals surface area contributed by atoms with Gasteiger partial charge in [0.05, 0.1) is 27.9 Å². The van der Waals surface area contributed by atoms with Gasteiger partial charge in [-0.25, -0.2) is 9.97 Å². The van der Waals surface area contributed by atoms with Gasteiger partial charge in [0.25, 0.3) is 0 Å². The predicted molar refractivity (Wildman–Crippen MR) is 250 cm³/mol. The molecule has 0 atom stereocenters. The molecule has 1 aliphatic rings. The molecule has 0 bridgehead atoms. The molecule has 2 aromatic heterocycles. The van der Waals surface area contributed by atoms with Crippen molar-refractivity contribution in [2.75, 3.05) is 4.90 Å². The first kappa shape index (κ1) is 35.6. The molecule has 5 heteroatoms. The smallest absolute Gasteiger partial charge is 0.227 e. The molecule has 1 aliphatic heterocycles. The minimum Gasteiger partial charge on any atom is -0.435 e. The molecule has 0 radical (unpaired) electrons. The van der Waals surface area contributed by atoms with Gasteiger partial charge in [-0.1, -0.05) is 176 Å². The maximum absolute atomic E-state index is 6.87. The van der Waals surface area contributed by atoms with Gasteiger partial charge in [0.2, 0.25) is 11.8 Å². The van der Waals surface area contributed by atoms with Crippen LogP contribution in [-0.2, 0) is 5.41 Å². The number of fused-ring (bicyclic) bond motifs is 4. The third kappa shape index (κ3) is 5.49. The Morgan fingerprint density at radius 3 is 1.13 bits per heavy atom. The highest BCUT2D eigenvalue weighted by Crippen LogP contribution is 2.58. The lowest BCUT2D eigenvalue weighted by Crippen LogP contribution is -2.37. The number of aromatic nitrogens is 2. The molecule has 12 rings (SSSR count). The standard InChI is InChI=1S/C57H37N3O2/c1-6-20-38(21-7-1)49-51-54(62-55(58-51)40-22-8-2-9-23-40)50(52-53(49)61-56(59-52)41-24-10-3-11-25-41)39-34-36-44(37-35-39)60-47-32-18-16-30-45(47)57(42-26-12-4-13-27-42,43-28-14-5-15-29-43)46-31-17-19-33-48(46)60/h1-37H. The van der Waals surface area contributed by atoms with Gasteiger partial charge in [0.15, 0.2) is 11.2 Å². The Bertz CT molecular complexity index is 3200. The zero-order chi connectivity index (χ0) is 41.0. The molecule has 3 heterocycles. The third-order valence-electron chi connectivity index (χ3n) is 12.2. The van der Waals surface area contributed by atoms with Crippen LogP contribution < -0.4 is 4.90 Å². The van der Waals surface area contributed by atoms with Crippen LogP contribution in [0.1, 0.15) is 22.3 Å². The number of anilines is 3. The summed E-state index contributed by atoms with van der Waals surface area (Å²) in [6.45, 7) is 0. The van der Waals surface area contributed by atoms with Crippen molar-refractivity contribution in [1.82, 2.24) is 9.97 Å². The second-order valence-corrected chi connectivity index (χ2v) is 15.6. The van der Waals surface area contributed by atoms with Crippen molar-refractivity contribution in [1.29, 1.82) is 0 Å². The van der Waals surface area contributed by atoms with Gasteiger partial charge in [-0.3, -0.25) is 0 Å². The normalized spacial score (nSPS) is 12.9. The monoisotopic (exact) mass is 795 g/mol. The summed E-state index contributed by atoms with van der Waals surface area (Å²) in [6, 6.07) is 78.6. The summed E-state index contributed by atoms with van der Waals surface area (Å²) >= 11 is 0. The number of hydrogen-bond donors (Lipinski definition) is 0. The van der Waals surface area contributed by atoms with Gasteiger partial charge >= 0.3 is 0 Å². The molecule has 0 unspecified atom stereocenters. The van der Waals surface area contributed by atoms with E-state index >= 15 is 0 Å². The number of oxazole rings is 2. The quantitative estimate of drug-likeness (QED) is 0.161. The first-order chi connectivity index (χ1) is 30.8. The zero-order valence-electron chi connectivity index (χ0n) is 33.5. The van der Waals surface area contributed by atoms with Gasteiger partial charge in [-0.2, -0.15) is 0 Å². The first-order valence-electron chi connectivity index (χ1n) is 20.9. The van der Waals surface area contributed by atoms with Crippen LogP contribution in [0.15, 0.2) is 233 Å². The highest BCUT2D eigenvalue weighted by Gasteiger charge is 2.46. The molecule has 5 nitrogen and oxygen atoms in total. The highest BCUT2D eigenvalue weighted by molar-refractivity contribution is 6.16. The van der Waals surface area contributed by atoms with Crippen molar-refractivity contribution in [3.05, 3.63) is 247 Å². The number of para-hydroxylation sites is 2. The maximum Gasteiger partial charge on any atom is 0.227 e. The largest absolute Gasteiger partial charge is 0.435 e. The zero-order valence-corrected chi connectivity index (χ0v) is 33.5. The van der Waals surface area contributed by atoms with Crippen molar-refractivity contribution in [3.63, 3.8) is 0 Å². The molecule has 0 saturated heterocycles. The Kier molecular flexibility index (Phi) is 8.32. The molecule has 0 aliphatic carbocycles. The van der Waals surface area contributed by atoms with E-state index in [1.165, 1.54) is 22.3 Å². The minimum absolute atomic E-state index is 0.536. The highest BCUT2D eigenvalue weighted by atomic mass is 16.4. The molecule has 0 amide bonds. The van der Waals surface area contributed by atoms with Gasteiger partial charge in [0, 0.05) is 16.8 Å². The van der Waals surface area contributed by atoms with E-state index in [-0.39, 0.29) is 0 Å². The van der Waals surface area contributed by atoms with Crippen molar-refractivity contribution < 1.29 is 8.83 Å². The third-order valence-corrected chi connectivity index (χ3v) is 12.2. The van der Waals surface area contributed by atoms with E-state index in [1.807, 2.05) is 78.9 Å². The number of rotatable bonds is 7. The summed E-state index contributed by atoms with van der Waals surface area (Å²) < 4.78 is 13.7. The maximum atomic E-state index is 6.87. The van der Waals surface area contributed by atoms with Crippen LogP contribution >= 0.6 is 0 Å². The predicted octanol–water partition coefficient (Wildman–Crippen LogP) is 14.8. The topological polar surface area (TPSA) is 55.3 Å². The summed E-state index contributed by atoms with van der Waals surface area (Å²) in [6.07, 6.45) is 0. The van der Waals surface area contributed by atoms with E-state index in [1.54, 1.807) is 0 Å². The molecule has 62 heavy (non-hydrogen) atoms. The van der Waals surface area contributed by atoms with E-state index in [2.05, 4.69) is 150 Å². The average molecular weight is 796 g/mol. The Morgan fingerprint density at radius 2 is 0.694 bits per heavy atom. The number of hydrogen-bond acceptors (Lipinski definition) is 5. The SMILES string of the molecule is c1ccc(-c2nc3c(-c4ccc(N5c6ccccc6C(c6ccccc6)(c6ccccc6)c6ccccc65)cc4)c4oc(-c5ccccc5)nc4c(-c4ccccc4)c3o2)cc1. The van der Waals surface area contributed by atoms with Crippen LogP contribution in [-0.4, -0.2) is 9.97 Å². The van der Waals surface area contributed by atoms with Crippen LogP contribution in [0.3, 0.4) is 0 Å². The molecule has 9 aromatic carbocycles. The van der Waals surface area contributed by atoms with Crippen molar-refractivity contribution in [2.24, 2.45) is 0 Å². The fraction of sp³-hybridized carbons (Fsp3) is 0.0175. The van der Waals surface area contributed by atoms with Gasteiger partial charge < -0.3 is 13.7 Å². The molecular formula is C57H37N3O2. The summed E-state index contributed by atoms with van der Waals surface area (Å²) in [5, 5.41) is 0. The molecular weight excluding hydrogens is 759 g/mol. The second-order valence-electron chi connectivity index (χ2n) is 15.6. The minimum atomic E-state index is -0.546. The average Bonchev–Trinajstić information content (AvgIpc) is 4.00. The van der Waals surface area contributed by atoms with Crippen molar-refractivity contribution >= 4 is 39.3 Å². The van der Waals surface area contributed by atoms with Gasteiger partial charge in [-0.05, 0) is 81.9 Å². The fourth-order valence-electron chi connectivity index (χ4n) is 9.55. The van der Waals surface area contributed by atoms with Crippen LogP contribution in [0.25, 0.3) is 67.4 Å². The lowest BCUT2D eigenvalue weighted by Gasteiger charge is -2.46. The van der Waals surface area contributed by atoms with Crippen LogP contribution in [0.2, 0.25) is 0 Å². The number of nitrogens with zero attached hydrogens (tertiary/aromatic N) is 3. The summed E-state index contributed by atoms with van der Waals surface area (Å²) in [5.41, 5.74) is 15.7. The van der Waals surface area contributed by atoms with E-state index in [9.17, 15) is 0 Å². The number of benzene rings is 9. The van der Waals surface area contributed by atoms with Crippen molar-refractivity contribution in [3.8, 4) is 45.2 Å². The lowest BCUT2D eigenvalue weighted by molar-refractivity contribution is 0.619. The molecule has 0 spiro atoms. The van der Waals surface area contributed by atoms with Crippen LogP contribution in [0.4, 0.5) is 17.1 Å². The molecule has 0 saturated carbocycles. The van der Waals surface area contributed by atoms with Gasteiger partial charge in [-0.15, -0.1) is 0 Å². The van der Waals surface area contributed by atoms with E-state index in [0.29, 0.717) is 28.5 Å². The van der Waals surface area contributed by atoms with E-state index in [0.717, 1.165) is 56.0 Å². The Labute approximate surface area is 358 Å². The summed E-state index contributed by atoms with van der Waals surface area (Å²) in [7, 11) is 0. The Morgan fingerprint density at radius 1 is 0.339 bits per heavy atom.